The van der Waals surface area contributed by atoms with Crippen molar-refractivity contribution in [1.82, 2.24) is 14.9 Å². The van der Waals surface area contributed by atoms with E-state index in [0.29, 0.717) is 24.5 Å². The molecule has 0 saturated carbocycles. The van der Waals surface area contributed by atoms with Crippen molar-refractivity contribution in [1.29, 1.82) is 0 Å². The summed E-state index contributed by atoms with van der Waals surface area (Å²) in [6, 6.07) is 4.52. The number of alkyl halides is 3. The van der Waals surface area contributed by atoms with Crippen LogP contribution in [0.1, 0.15) is 47.8 Å². The number of benzene rings is 1. The van der Waals surface area contributed by atoms with Crippen LogP contribution < -0.4 is 10.1 Å². The minimum atomic E-state index is -4.76. The fraction of sp³-hybridized carbons (Fsp3) is 0.450. The SMILES string of the molecule is CC(C)c1cc(CNc2cnc(C(=O)N3CCCOC3)cn2)cc(OC(F)(F)F)c1. The van der Waals surface area contributed by atoms with Crippen molar-refractivity contribution in [3.63, 3.8) is 0 Å². The lowest BCUT2D eigenvalue weighted by atomic mass is 10.0. The topological polar surface area (TPSA) is 76.6 Å². The summed E-state index contributed by atoms with van der Waals surface area (Å²) in [6.45, 7) is 5.46. The number of hydrogen-bond acceptors (Lipinski definition) is 6. The third kappa shape index (κ3) is 6.06. The van der Waals surface area contributed by atoms with Crippen LogP contribution in [0.5, 0.6) is 5.75 Å². The van der Waals surface area contributed by atoms with Crippen molar-refractivity contribution in [3.05, 3.63) is 47.4 Å². The van der Waals surface area contributed by atoms with Crippen LogP contribution in [0.15, 0.2) is 30.6 Å². The van der Waals surface area contributed by atoms with Crippen LogP contribution in [0.25, 0.3) is 0 Å². The van der Waals surface area contributed by atoms with Crippen molar-refractivity contribution in [2.45, 2.75) is 39.1 Å². The molecular weight excluding hydrogens is 401 g/mol. The molecule has 1 aromatic carbocycles. The molecule has 1 aliphatic rings. The summed E-state index contributed by atoms with van der Waals surface area (Å²) in [5.41, 5.74) is 1.53. The number of halogens is 3. The summed E-state index contributed by atoms with van der Waals surface area (Å²) in [7, 11) is 0. The number of amides is 1. The Morgan fingerprint density at radius 2 is 2.07 bits per heavy atom. The van der Waals surface area contributed by atoms with Gasteiger partial charge in [0.25, 0.3) is 5.91 Å². The number of anilines is 1. The van der Waals surface area contributed by atoms with Gasteiger partial charge in [0.1, 0.15) is 24.0 Å². The molecule has 3 rings (SSSR count). The van der Waals surface area contributed by atoms with Crippen LogP contribution in [0.3, 0.4) is 0 Å². The smallest absolute Gasteiger partial charge is 0.406 e. The second kappa shape index (κ2) is 9.29. The van der Waals surface area contributed by atoms with Crippen molar-refractivity contribution < 1.29 is 27.4 Å². The molecule has 1 aromatic heterocycles. The summed E-state index contributed by atoms with van der Waals surface area (Å²) in [6.07, 6.45) is -1.21. The number of hydrogen-bond donors (Lipinski definition) is 1. The van der Waals surface area contributed by atoms with Crippen LogP contribution in [0.4, 0.5) is 19.0 Å². The van der Waals surface area contributed by atoms with Crippen LogP contribution in [-0.4, -0.2) is 47.0 Å². The highest BCUT2D eigenvalue weighted by molar-refractivity contribution is 5.92. The van der Waals surface area contributed by atoms with E-state index in [1.54, 1.807) is 4.90 Å². The Hall–Kier alpha value is -2.88. The predicted molar refractivity (Wildman–Crippen MR) is 103 cm³/mol. The highest BCUT2D eigenvalue weighted by atomic mass is 19.4. The van der Waals surface area contributed by atoms with Gasteiger partial charge in [-0.25, -0.2) is 9.97 Å². The first-order chi connectivity index (χ1) is 14.2. The Bertz CT molecular complexity index is 867. The number of nitrogens with zero attached hydrogens (tertiary/aromatic N) is 3. The molecule has 1 aliphatic heterocycles. The van der Waals surface area contributed by atoms with Gasteiger partial charge in [-0.05, 0) is 35.6 Å². The molecule has 0 atom stereocenters. The second-order valence-electron chi connectivity index (χ2n) is 7.21. The van der Waals surface area contributed by atoms with E-state index in [1.807, 2.05) is 19.9 Å². The van der Waals surface area contributed by atoms with Gasteiger partial charge >= 0.3 is 6.36 Å². The number of aromatic nitrogens is 2. The van der Waals surface area contributed by atoms with Gasteiger partial charge in [0.05, 0.1) is 19.0 Å². The van der Waals surface area contributed by atoms with Gasteiger partial charge in [-0.15, -0.1) is 13.2 Å². The Labute approximate surface area is 172 Å². The van der Waals surface area contributed by atoms with Crippen molar-refractivity contribution in [3.8, 4) is 5.75 Å². The van der Waals surface area contributed by atoms with E-state index in [2.05, 4.69) is 20.0 Å². The van der Waals surface area contributed by atoms with E-state index in [0.717, 1.165) is 12.0 Å². The maximum atomic E-state index is 12.6. The zero-order valence-electron chi connectivity index (χ0n) is 16.7. The van der Waals surface area contributed by atoms with E-state index < -0.39 is 6.36 Å². The van der Waals surface area contributed by atoms with E-state index in [1.165, 1.54) is 24.5 Å². The summed E-state index contributed by atoms with van der Waals surface area (Å²) in [4.78, 5) is 22.2. The molecular formula is C20H23F3N4O3. The van der Waals surface area contributed by atoms with Crippen LogP contribution in [-0.2, 0) is 11.3 Å². The van der Waals surface area contributed by atoms with Crippen molar-refractivity contribution in [2.24, 2.45) is 0 Å². The number of nitrogens with one attached hydrogen (secondary N) is 1. The first-order valence-electron chi connectivity index (χ1n) is 9.54. The maximum absolute atomic E-state index is 12.6. The van der Waals surface area contributed by atoms with Gasteiger partial charge in [0, 0.05) is 13.1 Å². The Morgan fingerprint density at radius 3 is 2.67 bits per heavy atom. The van der Waals surface area contributed by atoms with E-state index >= 15 is 0 Å². The molecule has 1 N–H and O–H groups in total. The lowest BCUT2D eigenvalue weighted by Gasteiger charge is -2.26. The van der Waals surface area contributed by atoms with Gasteiger partial charge in [-0.2, -0.15) is 0 Å². The van der Waals surface area contributed by atoms with E-state index in [9.17, 15) is 18.0 Å². The van der Waals surface area contributed by atoms with Crippen LogP contribution in [0.2, 0.25) is 0 Å². The minimum Gasteiger partial charge on any atom is -0.406 e. The quantitative estimate of drug-likeness (QED) is 0.757. The highest BCUT2D eigenvalue weighted by Crippen LogP contribution is 2.28. The lowest BCUT2D eigenvalue weighted by molar-refractivity contribution is -0.274. The molecule has 0 aliphatic carbocycles. The number of carbonyl (C=O) groups excluding carboxylic acids is 1. The number of carbonyl (C=O) groups is 1. The summed E-state index contributed by atoms with van der Waals surface area (Å²) in [5.74, 6) is -0.0901. The zero-order valence-corrected chi connectivity index (χ0v) is 16.7. The van der Waals surface area contributed by atoms with Crippen LogP contribution in [0, 0.1) is 0 Å². The molecule has 162 valence electrons. The third-order valence-corrected chi connectivity index (χ3v) is 4.48. The molecule has 0 bridgehead atoms. The van der Waals surface area contributed by atoms with E-state index in [-0.39, 0.29) is 36.5 Å². The monoisotopic (exact) mass is 424 g/mol. The molecule has 30 heavy (non-hydrogen) atoms. The van der Waals surface area contributed by atoms with Gasteiger partial charge in [-0.1, -0.05) is 19.9 Å². The molecule has 2 aromatic rings. The minimum absolute atomic E-state index is 0.0318. The van der Waals surface area contributed by atoms with Gasteiger partial charge in [0.2, 0.25) is 0 Å². The molecule has 7 nitrogen and oxygen atoms in total. The second-order valence-corrected chi connectivity index (χ2v) is 7.21. The van der Waals surface area contributed by atoms with E-state index in [4.69, 9.17) is 4.74 Å². The summed E-state index contributed by atoms with van der Waals surface area (Å²) in [5, 5.41) is 3.00. The summed E-state index contributed by atoms with van der Waals surface area (Å²) >= 11 is 0. The largest absolute Gasteiger partial charge is 0.573 e. The number of ether oxygens (including phenoxy) is 2. The lowest BCUT2D eigenvalue weighted by Crippen LogP contribution is -2.38. The molecule has 2 heterocycles. The zero-order chi connectivity index (χ0) is 21.7. The van der Waals surface area contributed by atoms with Gasteiger partial charge in [-0.3, -0.25) is 4.79 Å². The standard InChI is InChI=1S/C20H23F3N4O3/c1-13(2)15-6-14(7-16(8-15)30-20(21,22)23)9-25-18-11-24-17(10-26-18)19(28)27-4-3-5-29-12-27/h6-8,10-11,13H,3-5,9,12H2,1-2H3,(H,25,26). The van der Waals surface area contributed by atoms with Crippen molar-refractivity contribution >= 4 is 11.7 Å². The predicted octanol–water partition coefficient (Wildman–Crippen LogP) is 3.93. The fourth-order valence-corrected chi connectivity index (χ4v) is 2.96. The van der Waals surface area contributed by atoms with Crippen molar-refractivity contribution in [2.75, 3.05) is 25.2 Å². The van der Waals surface area contributed by atoms with Crippen LogP contribution >= 0.6 is 0 Å². The third-order valence-electron chi connectivity index (χ3n) is 4.48. The Balaban J connectivity index is 1.66. The average molecular weight is 424 g/mol. The first kappa shape index (κ1) is 21.8. The molecule has 0 spiro atoms. The highest BCUT2D eigenvalue weighted by Gasteiger charge is 2.31. The Kier molecular flexibility index (Phi) is 6.76. The molecule has 0 radical (unpaired) electrons. The summed E-state index contributed by atoms with van der Waals surface area (Å²) < 4.78 is 47.1. The van der Waals surface area contributed by atoms with Gasteiger partial charge < -0.3 is 19.7 Å². The molecule has 1 saturated heterocycles. The van der Waals surface area contributed by atoms with Gasteiger partial charge in [0.15, 0.2) is 0 Å². The number of rotatable bonds is 6. The fourth-order valence-electron chi connectivity index (χ4n) is 2.96. The average Bonchev–Trinajstić information content (AvgIpc) is 2.71. The Morgan fingerprint density at radius 1 is 1.27 bits per heavy atom. The first-order valence-corrected chi connectivity index (χ1v) is 9.54. The molecule has 1 amide bonds. The normalized spacial score (nSPS) is 14.7. The maximum Gasteiger partial charge on any atom is 0.573 e. The molecule has 0 unspecified atom stereocenters. The molecule has 1 fully saturated rings. The molecule has 10 heteroatoms.